The van der Waals surface area contributed by atoms with Gasteiger partial charge in [0, 0.05) is 51.8 Å². The van der Waals surface area contributed by atoms with Gasteiger partial charge in [0.05, 0.1) is 18.2 Å². The van der Waals surface area contributed by atoms with Crippen LogP contribution in [0.1, 0.15) is 17.3 Å². The number of hydrogen-bond acceptors (Lipinski definition) is 4. The van der Waals surface area contributed by atoms with Gasteiger partial charge in [0.25, 0.3) is 5.56 Å². The van der Waals surface area contributed by atoms with Crippen LogP contribution in [0.4, 0.5) is 4.39 Å². The van der Waals surface area contributed by atoms with Crippen LogP contribution in [-0.2, 0) is 0 Å². The minimum Gasteiger partial charge on any atom is -0.394 e. The Morgan fingerprint density at radius 2 is 1.97 bits per heavy atom. The molecule has 0 radical (unpaired) electrons. The van der Waals surface area contributed by atoms with Crippen LogP contribution >= 0.6 is 11.6 Å². The predicted molar refractivity (Wildman–Crippen MR) is 130 cm³/mol. The molecule has 0 unspecified atom stereocenters. The number of benzene rings is 2. The van der Waals surface area contributed by atoms with Gasteiger partial charge in [-0.2, -0.15) is 5.10 Å². The highest BCUT2D eigenvalue weighted by atomic mass is 35.5. The standard InChI is InChI=1S/C26H20ClFN4O2/c1-15-9-18(5-7-29-15)26-21-12-20(22(28)13-23(21)30-31-26)16-6-8-32(25(34)11-16)24(14-33)17-3-2-4-19(27)10-17/h2-13,24,33H,14H2,1H3,(H,30,31)/t24-/m1/s1. The van der Waals surface area contributed by atoms with E-state index in [1.54, 1.807) is 48.8 Å². The molecule has 170 valence electrons. The van der Waals surface area contributed by atoms with Crippen molar-refractivity contribution >= 4 is 22.5 Å². The van der Waals surface area contributed by atoms with E-state index in [4.69, 9.17) is 11.6 Å². The average molecular weight is 475 g/mol. The molecule has 0 fully saturated rings. The number of pyridine rings is 2. The maximum Gasteiger partial charge on any atom is 0.251 e. The first-order chi connectivity index (χ1) is 16.4. The summed E-state index contributed by atoms with van der Waals surface area (Å²) < 4.78 is 16.4. The van der Waals surface area contributed by atoms with E-state index in [9.17, 15) is 9.90 Å². The highest BCUT2D eigenvalue weighted by Gasteiger charge is 2.17. The van der Waals surface area contributed by atoms with Crippen molar-refractivity contribution < 1.29 is 9.50 Å². The molecule has 0 aliphatic heterocycles. The molecule has 0 aliphatic rings. The zero-order valence-electron chi connectivity index (χ0n) is 18.2. The molecule has 0 spiro atoms. The minimum absolute atomic E-state index is 0.286. The average Bonchev–Trinajstić information content (AvgIpc) is 3.23. The van der Waals surface area contributed by atoms with Crippen molar-refractivity contribution in [3.63, 3.8) is 0 Å². The molecule has 5 rings (SSSR count). The minimum atomic E-state index is -0.608. The number of aliphatic hydroxyl groups excluding tert-OH is 1. The van der Waals surface area contributed by atoms with Crippen LogP contribution in [0.2, 0.25) is 5.02 Å². The van der Waals surface area contributed by atoms with Crippen LogP contribution in [0.3, 0.4) is 0 Å². The molecule has 0 saturated carbocycles. The summed E-state index contributed by atoms with van der Waals surface area (Å²) in [5.74, 6) is -0.473. The lowest BCUT2D eigenvalue weighted by Crippen LogP contribution is -2.26. The Morgan fingerprint density at radius 3 is 2.71 bits per heavy atom. The largest absolute Gasteiger partial charge is 0.394 e. The first-order valence-corrected chi connectivity index (χ1v) is 11.0. The number of hydrogen-bond donors (Lipinski definition) is 2. The molecular formula is C26H20ClFN4O2. The molecular weight excluding hydrogens is 455 g/mol. The van der Waals surface area contributed by atoms with E-state index in [2.05, 4.69) is 15.2 Å². The number of H-pyrrole nitrogens is 1. The SMILES string of the molecule is Cc1cc(-c2n[nH]c3cc(F)c(-c4ccn([C@H](CO)c5cccc(Cl)c5)c(=O)c4)cc23)ccn1. The van der Waals surface area contributed by atoms with Crippen molar-refractivity contribution in [3.8, 4) is 22.4 Å². The van der Waals surface area contributed by atoms with Gasteiger partial charge in [-0.3, -0.25) is 14.9 Å². The van der Waals surface area contributed by atoms with Crippen LogP contribution in [0.5, 0.6) is 0 Å². The van der Waals surface area contributed by atoms with Gasteiger partial charge in [-0.05, 0) is 54.4 Å². The normalized spacial score (nSPS) is 12.2. The summed E-state index contributed by atoms with van der Waals surface area (Å²) >= 11 is 6.08. The number of aromatic amines is 1. The van der Waals surface area contributed by atoms with Gasteiger partial charge in [-0.1, -0.05) is 23.7 Å². The Hall–Kier alpha value is -3.81. The summed E-state index contributed by atoms with van der Waals surface area (Å²) in [6.45, 7) is 1.60. The Bertz CT molecular complexity index is 1580. The van der Waals surface area contributed by atoms with Crippen LogP contribution in [0.15, 0.2) is 77.9 Å². The van der Waals surface area contributed by atoms with Gasteiger partial charge in [0.1, 0.15) is 11.5 Å². The van der Waals surface area contributed by atoms with Crippen LogP contribution in [0, 0.1) is 12.7 Å². The monoisotopic (exact) mass is 474 g/mol. The van der Waals surface area contributed by atoms with E-state index in [0.29, 0.717) is 27.4 Å². The number of aryl methyl sites for hydroxylation is 1. The van der Waals surface area contributed by atoms with Crippen molar-refractivity contribution in [3.05, 3.63) is 106 Å². The van der Waals surface area contributed by atoms with Crippen molar-refractivity contribution in [1.82, 2.24) is 19.7 Å². The highest BCUT2D eigenvalue weighted by Crippen LogP contribution is 2.32. The first-order valence-electron chi connectivity index (χ1n) is 10.6. The number of nitrogens with one attached hydrogen (secondary N) is 1. The second kappa shape index (κ2) is 8.85. The number of aromatic nitrogens is 4. The van der Waals surface area contributed by atoms with Crippen molar-refractivity contribution in [2.75, 3.05) is 6.61 Å². The van der Waals surface area contributed by atoms with E-state index in [0.717, 1.165) is 16.6 Å². The maximum absolute atomic E-state index is 15.0. The summed E-state index contributed by atoms with van der Waals surface area (Å²) in [6.07, 6.45) is 3.26. The maximum atomic E-state index is 15.0. The fourth-order valence-corrected chi connectivity index (χ4v) is 4.35. The van der Waals surface area contributed by atoms with E-state index in [-0.39, 0.29) is 17.7 Å². The summed E-state index contributed by atoms with van der Waals surface area (Å²) in [7, 11) is 0. The second-order valence-electron chi connectivity index (χ2n) is 8.05. The first kappa shape index (κ1) is 22.0. The Morgan fingerprint density at radius 1 is 1.12 bits per heavy atom. The Kier molecular flexibility index (Phi) is 5.73. The molecule has 6 nitrogen and oxygen atoms in total. The van der Waals surface area contributed by atoms with Gasteiger partial charge >= 0.3 is 0 Å². The quantitative estimate of drug-likeness (QED) is 0.369. The predicted octanol–water partition coefficient (Wildman–Crippen LogP) is 5.14. The molecule has 3 heterocycles. The lowest BCUT2D eigenvalue weighted by atomic mass is 10.0. The van der Waals surface area contributed by atoms with Crippen molar-refractivity contribution in [2.24, 2.45) is 0 Å². The molecule has 34 heavy (non-hydrogen) atoms. The van der Waals surface area contributed by atoms with Crippen molar-refractivity contribution in [2.45, 2.75) is 13.0 Å². The van der Waals surface area contributed by atoms with Crippen LogP contribution in [0.25, 0.3) is 33.3 Å². The van der Waals surface area contributed by atoms with Gasteiger partial charge < -0.3 is 9.67 Å². The number of aliphatic hydroxyl groups is 1. The highest BCUT2D eigenvalue weighted by molar-refractivity contribution is 6.30. The Labute approximate surface area is 199 Å². The second-order valence-corrected chi connectivity index (χ2v) is 8.49. The third-order valence-corrected chi connectivity index (χ3v) is 6.06. The molecule has 0 aliphatic carbocycles. The van der Waals surface area contributed by atoms with Gasteiger partial charge in [0.15, 0.2) is 0 Å². The summed E-state index contributed by atoms with van der Waals surface area (Å²) in [5.41, 5.74) is 3.99. The number of nitrogens with zero attached hydrogens (tertiary/aromatic N) is 3. The fraction of sp³-hybridized carbons (Fsp3) is 0.115. The molecule has 0 saturated heterocycles. The molecule has 2 aromatic carbocycles. The fourth-order valence-electron chi connectivity index (χ4n) is 4.15. The number of fused-ring (bicyclic) bond motifs is 1. The van der Waals surface area contributed by atoms with Crippen LogP contribution in [-0.4, -0.2) is 31.5 Å². The lowest BCUT2D eigenvalue weighted by Gasteiger charge is -2.18. The summed E-state index contributed by atoms with van der Waals surface area (Å²) in [6, 6.07) is 16.2. The molecule has 5 aromatic rings. The molecule has 3 aromatic heterocycles. The third kappa shape index (κ3) is 4.00. The molecule has 8 heteroatoms. The lowest BCUT2D eigenvalue weighted by molar-refractivity contribution is 0.247. The van der Waals surface area contributed by atoms with Gasteiger partial charge in [-0.25, -0.2) is 4.39 Å². The zero-order valence-corrected chi connectivity index (χ0v) is 18.9. The van der Waals surface area contributed by atoms with Gasteiger partial charge in [-0.15, -0.1) is 0 Å². The van der Waals surface area contributed by atoms with E-state index < -0.39 is 11.9 Å². The molecule has 0 amide bonds. The summed E-state index contributed by atoms with van der Waals surface area (Å²) in [5, 5.41) is 18.4. The molecule has 2 N–H and O–H groups in total. The summed E-state index contributed by atoms with van der Waals surface area (Å²) in [4.78, 5) is 17.2. The Balaban J connectivity index is 1.59. The topological polar surface area (TPSA) is 83.8 Å². The zero-order chi connectivity index (χ0) is 23.8. The van der Waals surface area contributed by atoms with Crippen molar-refractivity contribution in [1.29, 1.82) is 0 Å². The van der Waals surface area contributed by atoms with E-state index in [1.165, 1.54) is 16.7 Å². The molecule has 1 atom stereocenters. The van der Waals surface area contributed by atoms with E-state index >= 15 is 4.39 Å². The van der Waals surface area contributed by atoms with Gasteiger partial charge in [0.2, 0.25) is 0 Å². The van der Waals surface area contributed by atoms with Crippen LogP contribution < -0.4 is 5.56 Å². The third-order valence-electron chi connectivity index (χ3n) is 5.82. The molecule has 0 bridgehead atoms. The number of rotatable bonds is 5. The number of halogens is 2. The smallest absolute Gasteiger partial charge is 0.251 e. The van der Waals surface area contributed by atoms with E-state index in [1.807, 2.05) is 19.1 Å².